The number of aromatic nitrogens is 2. The highest BCUT2D eigenvalue weighted by molar-refractivity contribution is 9.10. The summed E-state index contributed by atoms with van der Waals surface area (Å²) < 4.78 is 1.71. The van der Waals surface area contributed by atoms with E-state index in [1.807, 2.05) is 12.1 Å². The van der Waals surface area contributed by atoms with Gasteiger partial charge in [-0.1, -0.05) is 25.4 Å². The Kier molecular flexibility index (Phi) is 5.41. The van der Waals surface area contributed by atoms with Crippen molar-refractivity contribution in [2.24, 2.45) is 5.92 Å². The summed E-state index contributed by atoms with van der Waals surface area (Å²) in [6.45, 7) is 7.24. The Morgan fingerprint density at radius 1 is 1.35 bits per heavy atom. The summed E-state index contributed by atoms with van der Waals surface area (Å²) in [7, 11) is 0. The van der Waals surface area contributed by atoms with Gasteiger partial charge in [0.05, 0.1) is 19.4 Å². The molecule has 2 aromatic heterocycles. The highest BCUT2D eigenvalue weighted by atomic mass is 79.9. The van der Waals surface area contributed by atoms with Crippen LogP contribution in [0, 0.1) is 5.92 Å². The Morgan fingerprint density at radius 2 is 2.10 bits per heavy atom. The molecule has 0 spiro atoms. The molecule has 0 atom stereocenters. The molecule has 0 aliphatic rings. The molecule has 2 rings (SSSR count). The first-order valence-electron chi connectivity index (χ1n) is 6.57. The number of hydrogen-bond acceptors (Lipinski definition) is 4. The number of nitrogens with one attached hydrogen (secondary N) is 1. The predicted molar refractivity (Wildman–Crippen MR) is 90.8 cm³/mol. The van der Waals surface area contributed by atoms with Gasteiger partial charge in [0.15, 0.2) is 5.82 Å². The van der Waals surface area contributed by atoms with Crippen LogP contribution in [-0.2, 0) is 6.42 Å². The van der Waals surface area contributed by atoms with Crippen LogP contribution in [0.1, 0.15) is 26.5 Å². The van der Waals surface area contributed by atoms with E-state index >= 15 is 0 Å². The minimum atomic E-state index is 0.537. The van der Waals surface area contributed by atoms with Gasteiger partial charge in [0, 0.05) is 6.54 Å². The van der Waals surface area contributed by atoms with E-state index in [4.69, 9.17) is 16.6 Å². The van der Waals surface area contributed by atoms with Gasteiger partial charge in [-0.25, -0.2) is 9.97 Å². The van der Waals surface area contributed by atoms with Gasteiger partial charge >= 0.3 is 0 Å². The second kappa shape index (κ2) is 6.87. The molecule has 0 aromatic carbocycles. The molecule has 0 aliphatic heterocycles. The van der Waals surface area contributed by atoms with Crippen molar-refractivity contribution in [3.8, 4) is 10.7 Å². The van der Waals surface area contributed by atoms with Crippen molar-refractivity contribution in [2.45, 2.75) is 27.2 Å². The van der Waals surface area contributed by atoms with Crippen molar-refractivity contribution in [3.63, 3.8) is 0 Å². The van der Waals surface area contributed by atoms with Crippen LogP contribution in [0.25, 0.3) is 10.7 Å². The van der Waals surface area contributed by atoms with Crippen LogP contribution in [-0.4, -0.2) is 16.5 Å². The van der Waals surface area contributed by atoms with Crippen molar-refractivity contribution in [1.29, 1.82) is 0 Å². The number of anilines is 1. The van der Waals surface area contributed by atoms with E-state index in [0.29, 0.717) is 5.92 Å². The first-order chi connectivity index (χ1) is 9.51. The topological polar surface area (TPSA) is 37.8 Å². The molecular weight excluding hydrogens is 358 g/mol. The van der Waals surface area contributed by atoms with Crippen molar-refractivity contribution in [3.05, 3.63) is 26.6 Å². The summed E-state index contributed by atoms with van der Waals surface area (Å²) in [6.07, 6.45) is 0.910. The molecule has 0 bridgehead atoms. The largest absolute Gasteiger partial charge is 0.369 e. The fourth-order valence-electron chi connectivity index (χ4n) is 1.84. The highest BCUT2D eigenvalue weighted by Gasteiger charge is 2.15. The summed E-state index contributed by atoms with van der Waals surface area (Å²) in [5, 5.41) is 3.28. The number of thiophene rings is 1. The zero-order valence-corrected chi connectivity index (χ0v) is 14.9. The summed E-state index contributed by atoms with van der Waals surface area (Å²) in [5.74, 6) is 2.12. The molecule has 3 nitrogen and oxygen atoms in total. The van der Waals surface area contributed by atoms with Crippen LogP contribution in [0.5, 0.6) is 0 Å². The number of nitrogens with zero attached hydrogens (tertiary/aromatic N) is 2. The summed E-state index contributed by atoms with van der Waals surface area (Å²) >= 11 is 11.1. The molecule has 20 heavy (non-hydrogen) atoms. The zero-order chi connectivity index (χ0) is 14.7. The van der Waals surface area contributed by atoms with Crippen LogP contribution in [0.15, 0.2) is 16.6 Å². The first kappa shape index (κ1) is 15.7. The maximum atomic E-state index is 6.00. The van der Waals surface area contributed by atoms with E-state index in [0.717, 1.165) is 44.0 Å². The summed E-state index contributed by atoms with van der Waals surface area (Å²) in [5.41, 5.74) is 1.03. The van der Waals surface area contributed by atoms with E-state index in [2.05, 4.69) is 47.0 Å². The van der Waals surface area contributed by atoms with Gasteiger partial charge in [0.25, 0.3) is 0 Å². The van der Waals surface area contributed by atoms with Gasteiger partial charge in [-0.05, 0) is 47.3 Å². The minimum Gasteiger partial charge on any atom is -0.369 e. The fourth-order valence-corrected chi connectivity index (χ4v) is 3.30. The molecule has 108 valence electrons. The lowest BCUT2D eigenvalue weighted by Crippen LogP contribution is -2.07. The molecule has 0 unspecified atom stereocenters. The van der Waals surface area contributed by atoms with E-state index < -0.39 is 0 Å². The third kappa shape index (κ3) is 3.71. The van der Waals surface area contributed by atoms with Gasteiger partial charge < -0.3 is 5.32 Å². The quantitative estimate of drug-likeness (QED) is 0.776. The zero-order valence-electron chi connectivity index (χ0n) is 11.7. The molecule has 6 heteroatoms. The lowest BCUT2D eigenvalue weighted by Gasteiger charge is -2.13. The molecule has 2 aromatic rings. The van der Waals surface area contributed by atoms with Gasteiger partial charge in [0.1, 0.15) is 5.82 Å². The number of halogens is 2. The van der Waals surface area contributed by atoms with E-state index in [1.165, 1.54) is 11.3 Å². The molecule has 1 N–H and O–H groups in total. The van der Waals surface area contributed by atoms with Gasteiger partial charge in [0.2, 0.25) is 0 Å². The molecule has 0 saturated heterocycles. The van der Waals surface area contributed by atoms with Crippen LogP contribution in [0.3, 0.4) is 0 Å². The maximum absolute atomic E-state index is 6.00. The lowest BCUT2D eigenvalue weighted by molar-refractivity contribution is 0.632. The smallest absolute Gasteiger partial charge is 0.171 e. The molecule has 0 saturated carbocycles. The standard InChI is InChI=1S/C14H17BrClN3S/c1-4-17-14-12(15)9(7-8(2)3)18-13(19-14)10-5-6-11(16)20-10/h5-6,8H,4,7H2,1-3H3,(H,17,18,19). The molecule has 0 aliphatic carbocycles. The van der Waals surface area contributed by atoms with Crippen LogP contribution in [0.4, 0.5) is 5.82 Å². The molecule has 0 radical (unpaired) electrons. The number of hydrogen-bond donors (Lipinski definition) is 1. The Balaban J connectivity index is 2.49. The highest BCUT2D eigenvalue weighted by Crippen LogP contribution is 2.33. The average Bonchev–Trinajstić information content (AvgIpc) is 2.80. The van der Waals surface area contributed by atoms with Crippen LogP contribution in [0.2, 0.25) is 4.34 Å². The van der Waals surface area contributed by atoms with E-state index in [1.54, 1.807) is 0 Å². The monoisotopic (exact) mass is 373 g/mol. The molecule has 0 fully saturated rings. The third-order valence-electron chi connectivity index (χ3n) is 2.66. The van der Waals surface area contributed by atoms with E-state index in [-0.39, 0.29) is 0 Å². The first-order valence-corrected chi connectivity index (χ1v) is 8.56. The molecular formula is C14H17BrClN3S. The maximum Gasteiger partial charge on any atom is 0.171 e. The fraction of sp³-hybridized carbons (Fsp3) is 0.429. The lowest BCUT2D eigenvalue weighted by atomic mass is 10.1. The van der Waals surface area contributed by atoms with Crippen molar-refractivity contribution in [1.82, 2.24) is 9.97 Å². The normalized spacial score (nSPS) is 11.1. The van der Waals surface area contributed by atoms with Crippen molar-refractivity contribution < 1.29 is 0 Å². The van der Waals surface area contributed by atoms with Crippen molar-refractivity contribution in [2.75, 3.05) is 11.9 Å². The van der Waals surface area contributed by atoms with Gasteiger partial charge in [-0.3, -0.25) is 0 Å². The van der Waals surface area contributed by atoms with Crippen LogP contribution >= 0.6 is 38.9 Å². The third-order valence-corrected chi connectivity index (χ3v) is 4.72. The number of rotatable bonds is 5. The second-order valence-corrected chi connectivity index (χ2v) is 7.40. The Hall–Kier alpha value is -0.650. The predicted octanol–water partition coefficient (Wildman–Crippen LogP) is 5.25. The summed E-state index contributed by atoms with van der Waals surface area (Å²) in [6, 6.07) is 3.84. The molecule has 2 heterocycles. The Bertz CT molecular complexity index is 598. The summed E-state index contributed by atoms with van der Waals surface area (Å²) in [4.78, 5) is 10.3. The Labute approximate surface area is 136 Å². The van der Waals surface area contributed by atoms with Gasteiger partial charge in [-0.15, -0.1) is 11.3 Å². The Morgan fingerprint density at radius 3 is 2.65 bits per heavy atom. The second-order valence-electron chi connectivity index (χ2n) is 4.89. The average molecular weight is 375 g/mol. The van der Waals surface area contributed by atoms with Crippen molar-refractivity contribution >= 4 is 44.7 Å². The molecule has 0 amide bonds. The SMILES string of the molecule is CCNc1nc(-c2ccc(Cl)s2)nc(CC(C)C)c1Br. The van der Waals surface area contributed by atoms with E-state index in [9.17, 15) is 0 Å². The van der Waals surface area contributed by atoms with Gasteiger partial charge in [-0.2, -0.15) is 0 Å². The van der Waals surface area contributed by atoms with Crippen LogP contribution < -0.4 is 5.32 Å². The minimum absolute atomic E-state index is 0.537.